The van der Waals surface area contributed by atoms with Crippen LogP contribution in [0.5, 0.6) is 0 Å². The van der Waals surface area contributed by atoms with Gasteiger partial charge in [-0.3, -0.25) is 0 Å². The third-order valence-corrected chi connectivity index (χ3v) is 15.5. The minimum Gasteiger partial charge on any atom is -0.309 e. The lowest BCUT2D eigenvalue weighted by molar-refractivity contribution is 0.591. The average molecular weight is 858 g/mol. The maximum Gasteiger partial charge on any atom is 0.0627 e. The van der Waals surface area contributed by atoms with Crippen LogP contribution in [0.3, 0.4) is 0 Å². The summed E-state index contributed by atoms with van der Waals surface area (Å²) in [6.45, 7) is 14.0. The Bertz CT molecular complexity index is 4620. The Kier molecular flexibility index (Phi) is 6.97. The van der Waals surface area contributed by atoms with E-state index in [9.17, 15) is 0 Å². The van der Waals surface area contributed by atoms with Crippen molar-refractivity contribution in [3.05, 3.63) is 187 Å². The molecule has 10 aromatic carbocycles. The molecule has 0 aliphatic rings. The van der Waals surface area contributed by atoms with Gasteiger partial charge in [0.1, 0.15) is 0 Å². The zero-order valence-corrected chi connectivity index (χ0v) is 38.6. The molecule has 0 spiro atoms. The number of rotatable bonds is 2. The van der Waals surface area contributed by atoms with Crippen LogP contribution < -0.4 is 0 Å². The molecule has 0 atom stereocenters. The highest BCUT2D eigenvalue weighted by Crippen LogP contribution is 2.51. The fraction of sp³-hybridized carbons (Fsp3) is 0.125. The third-order valence-electron chi connectivity index (χ3n) is 15.5. The summed E-state index contributed by atoms with van der Waals surface area (Å²) in [4.78, 5) is 0. The quantitative estimate of drug-likeness (QED) is 0.164. The van der Waals surface area contributed by atoms with E-state index in [1.807, 2.05) is 0 Å². The summed E-state index contributed by atoms with van der Waals surface area (Å²) in [5.41, 5.74) is 16.4. The summed E-state index contributed by atoms with van der Waals surface area (Å²) in [7, 11) is 0. The van der Waals surface area contributed by atoms with E-state index >= 15 is 0 Å². The fourth-order valence-corrected chi connectivity index (χ4v) is 12.3. The van der Waals surface area contributed by atoms with E-state index in [4.69, 9.17) is 0 Å². The Morgan fingerprint density at radius 2 is 0.851 bits per heavy atom. The van der Waals surface area contributed by atoms with Crippen LogP contribution in [0.15, 0.2) is 176 Å². The fourth-order valence-electron chi connectivity index (χ4n) is 12.3. The largest absolute Gasteiger partial charge is 0.309 e. The molecule has 0 bridgehead atoms. The van der Waals surface area contributed by atoms with Gasteiger partial charge in [0, 0.05) is 65.1 Å². The topological polar surface area (TPSA) is 13.8 Å². The number of aromatic nitrogens is 3. The van der Waals surface area contributed by atoms with Gasteiger partial charge in [0.2, 0.25) is 0 Å². The van der Waals surface area contributed by atoms with Crippen molar-refractivity contribution in [2.75, 3.05) is 0 Å². The van der Waals surface area contributed by atoms with Gasteiger partial charge in [0.25, 0.3) is 0 Å². The zero-order valence-electron chi connectivity index (χ0n) is 38.6. The second-order valence-corrected chi connectivity index (χ2v) is 21.4. The third kappa shape index (κ3) is 4.81. The summed E-state index contributed by atoms with van der Waals surface area (Å²) in [6, 6.07) is 67.2. The maximum atomic E-state index is 2.66. The van der Waals surface area contributed by atoms with Crippen molar-refractivity contribution in [1.29, 1.82) is 0 Å². The Morgan fingerprint density at radius 3 is 1.57 bits per heavy atom. The smallest absolute Gasteiger partial charge is 0.0627 e. The van der Waals surface area contributed by atoms with Crippen LogP contribution in [0.25, 0.3) is 136 Å². The van der Waals surface area contributed by atoms with Gasteiger partial charge < -0.3 is 13.4 Å². The normalized spacial score (nSPS) is 13.2. The van der Waals surface area contributed by atoms with E-state index in [0.717, 1.165) is 0 Å². The molecule has 15 aromatic rings. The van der Waals surface area contributed by atoms with Crippen molar-refractivity contribution in [2.24, 2.45) is 0 Å². The van der Waals surface area contributed by atoms with Crippen LogP contribution in [-0.4, -0.2) is 13.4 Å². The van der Waals surface area contributed by atoms with Gasteiger partial charge in [0.05, 0.1) is 44.1 Å². The molecule has 0 radical (unpaired) electrons. The van der Waals surface area contributed by atoms with E-state index in [1.165, 1.54) is 147 Å². The molecule has 0 saturated carbocycles. The number of fused-ring (bicyclic) bond motifs is 19. The van der Waals surface area contributed by atoms with Crippen LogP contribution in [0, 0.1) is 0 Å². The van der Waals surface area contributed by atoms with Crippen LogP contribution >= 0.6 is 0 Å². The van der Waals surface area contributed by atoms with E-state index in [1.54, 1.807) is 0 Å². The van der Waals surface area contributed by atoms with Gasteiger partial charge >= 0.3 is 0 Å². The van der Waals surface area contributed by atoms with E-state index in [2.05, 4.69) is 231 Å². The lowest BCUT2D eigenvalue weighted by atomic mass is 9.83. The Balaban J connectivity index is 1.13. The average Bonchev–Trinajstić information content (AvgIpc) is 4.12. The van der Waals surface area contributed by atoms with Crippen molar-refractivity contribution in [1.82, 2.24) is 13.4 Å². The highest BCUT2D eigenvalue weighted by Gasteiger charge is 2.28. The van der Waals surface area contributed by atoms with Gasteiger partial charge in [0.15, 0.2) is 0 Å². The van der Waals surface area contributed by atoms with Crippen molar-refractivity contribution in [2.45, 2.75) is 52.4 Å². The lowest BCUT2D eigenvalue weighted by Gasteiger charge is -2.21. The molecule has 67 heavy (non-hydrogen) atoms. The first-order valence-electron chi connectivity index (χ1n) is 23.8. The first-order valence-corrected chi connectivity index (χ1v) is 23.8. The van der Waals surface area contributed by atoms with Crippen LogP contribution in [0.4, 0.5) is 0 Å². The van der Waals surface area contributed by atoms with Crippen molar-refractivity contribution < 1.29 is 0 Å². The second kappa shape index (κ2) is 12.5. The van der Waals surface area contributed by atoms with Gasteiger partial charge in [-0.2, -0.15) is 0 Å². The first kappa shape index (κ1) is 37.4. The number of benzene rings is 10. The number of hydrogen-bond donors (Lipinski definition) is 0. The van der Waals surface area contributed by atoms with Gasteiger partial charge in [-0.1, -0.05) is 139 Å². The molecule has 318 valence electrons. The summed E-state index contributed by atoms with van der Waals surface area (Å²) in [5, 5.41) is 18.2. The number of hydrogen-bond acceptors (Lipinski definition) is 0. The monoisotopic (exact) mass is 857 g/mol. The van der Waals surface area contributed by atoms with Crippen molar-refractivity contribution in [3.8, 4) is 16.8 Å². The Morgan fingerprint density at radius 1 is 0.313 bits per heavy atom. The van der Waals surface area contributed by atoms with Crippen LogP contribution in [0.2, 0.25) is 0 Å². The molecule has 5 heterocycles. The second-order valence-electron chi connectivity index (χ2n) is 21.4. The maximum absolute atomic E-state index is 2.66. The van der Waals surface area contributed by atoms with E-state index in [-0.39, 0.29) is 10.8 Å². The van der Waals surface area contributed by atoms with Crippen LogP contribution in [-0.2, 0) is 10.8 Å². The van der Waals surface area contributed by atoms with Gasteiger partial charge in [-0.15, -0.1) is 0 Å². The van der Waals surface area contributed by atoms with Gasteiger partial charge in [-0.05, 0) is 128 Å². The summed E-state index contributed by atoms with van der Waals surface area (Å²) < 4.78 is 7.66. The predicted octanol–water partition coefficient (Wildman–Crippen LogP) is 17.7. The lowest BCUT2D eigenvalue weighted by Crippen LogP contribution is -2.11. The van der Waals surface area contributed by atoms with E-state index < -0.39 is 0 Å². The molecular weight excluding hydrogens is 811 g/mol. The number of nitrogens with zero attached hydrogens (tertiary/aromatic N) is 3. The summed E-state index contributed by atoms with van der Waals surface area (Å²) >= 11 is 0. The molecule has 0 aliphatic carbocycles. The molecule has 3 heteroatoms. The first-order chi connectivity index (χ1) is 32.5. The molecule has 0 unspecified atom stereocenters. The molecule has 0 saturated heterocycles. The molecule has 0 N–H and O–H groups in total. The molecule has 3 nitrogen and oxygen atoms in total. The van der Waals surface area contributed by atoms with Crippen molar-refractivity contribution in [3.63, 3.8) is 0 Å². The molecule has 0 aliphatic heterocycles. The summed E-state index contributed by atoms with van der Waals surface area (Å²) in [5.74, 6) is 0. The summed E-state index contributed by atoms with van der Waals surface area (Å²) in [6.07, 6.45) is 0. The Labute approximate surface area is 387 Å². The molecule has 5 aromatic heterocycles. The Hall–Kier alpha value is -7.88. The standard InChI is InChI=1S/C64H47N3/c1-63(2,3)39-25-27-55-47(31-39)49-29-36-16-10-12-20-42(36)58-51-35-56-48(34-57(51)66(55)61(49)58)50-30-37-17-11-13-21-43(37)59-52-33-40(64(4,5)6)32-45(60(52)67(56)62(50)59)38-24-26-54-46(28-38)44-22-14-15-23-53(44)65(54)41-18-8-7-9-19-41/h7-35H,1-6H3. The molecule has 0 amide bonds. The van der Waals surface area contributed by atoms with E-state index in [0.29, 0.717) is 0 Å². The predicted molar refractivity (Wildman–Crippen MR) is 288 cm³/mol. The molecular formula is C64H47N3. The number of para-hydroxylation sites is 2. The van der Waals surface area contributed by atoms with Crippen molar-refractivity contribution >= 4 is 120 Å². The highest BCUT2D eigenvalue weighted by atomic mass is 15.0. The highest BCUT2D eigenvalue weighted by molar-refractivity contribution is 6.36. The minimum absolute atomic E-state index is 0.0438. The SMILES string of the molecule is CC(C)(C)c1ccc2c(c1)c1cc3ccccc3c3c4cc5c(cc4n2c13)c1cc2ccccc2c2c3cc(C(C)(C)C)cc(-c4ccc6c(c4)c4ccccc4n6-c4ccccc4)c3n5c12. The van der Waals surface area contributed by atoms with Gasteiger partial charge in [-0.25, -0.2) is 0 Å². The zero-order chi connectivity index (χ0) is 44.8. The van der Waals surface area contributed by atoms with Crippen LogP contribution in [0.1, 0.15) is 52.7 Å². The molecule has 0 fully saturated rings. The molecule has 15 rings (SSSR count). The minimum atomic E-state index is -0.0787.